The van der Waals surface area contributed by atoms with Crippen LogP contribution in [-0.2, 0) is 5.41 Å². The van der Waals surface area contributed by atoms with Crippen molar-refractivity contribution in [2.24, 2.45) is 5.92 Å². The van der Waals surface area contributed by atoms with E-state index < -0.39 is 0 Å². The van der Waals surface area contributed by atoms with Crippen molar-refractivity contribution in [1.29, 1.82) is 0 Å². The highest BCUT2D eigenvalue weighted by atomic mass is 14.8. The molecule has 3 aromatic heterocycles. The van der Waals surface area contributed by atoms with Gasteiger partial charge in [0.15, 0.2) is 0 Å². The fraction of sp³-hybridized carbons (Fsp3) is 0.170. The molecule has 0 saturated heterocycles. The summed E-state index contributed by atoms with van der Waals surface area (Å²) in [5.41, 5.74) is 18.9. The monoisotopic (exact) mass is 740 g/mol. The smallest absolute Gasteiger partial charge is 0.0737 e. The highest BCUT2D eigenvalue weighted by Gasteiger charge is 2.20. The molecule has 0 fully saturated rings. The number of nitrogens with zero attached hydrogens (tertiary/aromatic N) is 2. The molecule has 280 valence electrons. The van der Waals surface area contributed by atoms with E-state index in [0.717, 1.165) is 89.4 Å². The van der Waals surface area contributed by atoms with Crippen LogP contribution in [0.5, 0.6) is 0 Å². The minimum atomic E-state index is 0.0407. The summed E-state index contributed by atoms with van der Waals surface area (Å²) in [6.07, 6.45) is 8.66. The summed E-state index contributed by atoms with van der Waals surface area (Å²) in [6.45, 7) is 13.7. The molecular weight excluding hydrogens is 693 g/mol. The lowest BCUT2D eigenvalue weighted by Crippen LogP contribution is -2.10. The Labute approximate surface area is 335 Å². The fourth-order valence-electron chi connectivity index (χ4n) is 8.11. The van der Waals surface area contributed by atoms with Gasteiger partial charge in [0.05, 0.1) is 22.8 Å². The second-order valence-corrected chi connectivity index (χ2v) is 16.7. The zero-order valence-electron chi connectivity index (χ0n) is 33.6. The first-order valence-corrected chi connectivity index (χ1v) is 20.1. The molecule has 2 aliphatic rings. The Morgan fingerprint density at radius 3 is 1.07 bits per heavy atom. The normalized spacial score (nSPS) is 13.0. The molecule has 0 spiro atoms. The van der Waals surface area contributed by atoms with Crippen LogP contribution >= 0.6 is 0 Å². The minimum Gasteiger partial charge on any atom is -0.354 e. The van der Waals surface area contributed by atoms with Crippen molar-refractivity contribution in [2.45, 2.75) is 52.9 Å². The van der Waals surface area contributed by atoms with Crippen molar-refractivity contribution in [3.8, 4) is 44.5 Å². The van der Waals surface area contributed by atoms with Gasteiger partial charge in [-0.3, -0.25) is 0 Å². The molecule has 8 bridgehead atoms. The van der Waals surface area contributed by atoms with Gasteiger partial charge >= 0.3 is 0 Å². The molecule has 0 radical (unpaired) electrons. The predicted octanol–water partition coefficient (Wildman–Crippen LogP) is 14.4. The second-order valence-electron chi connectivity index (χ2n) is 16.7. The number of hydrogen-bond acceptors (Lipinski definition) is 2. The van der Waals surface area contributed by atoms with Crippen molar-refractivity contribution >= 4 is 46.4 Å². The molecule has 2 aliphatic heterocycles. The van der Waals surface area contributed by atoms with Gasteiger partial charge in [-0.15, -0.1) is 0 Å². The molecule has 4 heteroatoms. The molecular formula is C53H48N4. The van der Waals surface area contributed by atoms with Crippen LogP contribution in [0.4, 0.5) is 0 Å². The standard InChI is InChI=1S/C53H48N4/c1-33(2)34(3)35-17-19-38(20-18-35)51-45-29-27-43(55-45)49(36-13-9-7-10-14-36)41-25-26-42(54-41)50(37-15-11-8-12-16-37)44-28-30-47(56-44)52(48-32-31-46(51)57-48)39-21-23-40(24-22-39)53(4,5)6/h7-34,54,57H,1-6H3. The lowest BCUT2D eigenvalue weighted by molar-refractivity contribution is 0.535. The maximum Gasteiger partial charge on any atom is 0.0737 e. The molecule has 5 heterocycles. The number of aromatic nitrogens is 4. The van der Waals surface area contributed by atoms with Gasteiger partial charge in [0.1, 0.15) is 0 Å². The number of benzene rings is 4. The molecule has 2 N–H and O–H groups in total. The number of nitrogens with one attached hydrogen (secondary N) is 2. The van der Waals surface area contributed by atoms with E-state index in [1.165, 1.54) is 11.1 Å². The van der Waals surface area contributed by atoms with Gasteiger partial charge in [-0.05, 0) is 99.2 Å². The zero-order chi connectivity index (χ0) is 39.3. The summed E-state index contributed by atoms with van der Waals surface area (Å²) < 4.78 is 0. The molecule has 9 rings (SSSR count). The van der Waals surface area contributed by atoms with E-state index in [0.29, 0.717) is 11.8 Å². The molecule has 0 aliphatic carbocycles. The first-order chi connectivity index (χ1) is 27.6. The quantitative estimate of drug-likeness (QED) is 0.178. The Hall–Kier alpha value is -6.52. The summed E-state index contributed by atoms with van der Waals surface area (Å²) in [4.78, 5) is 18.7. The third-order valence-corrected chi connectivity index (χ3v) is 11.6. The highest BCUT2D eigenvalue weighted by Crippen LogP contribution is 2.39. The maximum atomic E-state index is 5.47. The van der Waals surface area contributed by atoms with Gasteiger partial charge < -0.3 is 9.97 Å². The number of rotatable bonds is 6. The van der Waals surface area contributed by atoms with E-state index in [9.17, 15) is 0 Å². The van der Waals surface area contributed by atoms with Crippen molar-refractivity contribution in [2.75, 3.05) is 0 Å². The Morgan fingerprint density at radius 1 is 0.404 bits per heavy atom. The molecule has 4 nitrogen and oxygen atoms in total. The lowest BCUT2D eigenvalue weighted by atomic mass is 9.86. The molecule has 7 aromatic rings. The first-order valence-electron chi connectivity index (χ1n) is 20.1. The van der Waals surface area contributed by atoms with Gasteiger partial charge in [-0.25, -0.2) is 9.97 Å². The van der Waals surface area contributed by atoms with Crippen molar-refractivity contribution in [1.82, 2.24) is 19.9 Å². The summed E-state index contributed by atoms with van der Waals surface area (Å²) in [5.74, 6) is 1.01. The number of fused-ring (bicyclic) bond motifs is 8. The lowest BCUT2D eigenvalue weighted by Gasteiger charge is -2.19. The number of hydrogen-bond donors (Lipinski definition) is 2. The molecule has 4 aromatic carbocycles. The van der Waals surface area contributed by atoms with E-state index in [2.05, 4.69) is 209 Å². The molecule has 0 saturated carbocycles. The Morgan fingerprint density at radius 2 is 0.737 bits per heavy atom. The molecule has 1 atom stereocenters. The Bertz CT molecular complexity index is 2830. The summed E-state index contributed by atoms with van der Waals surface area (Å²) in [6, 6.07) is 48.0. The third-order valence-electron chi connectivity index (χ3n) is 11.6. The van der Waals surface area contributed by atoms with E-state index in [1.807, 2.05) is 0 Å². The summed E-state index contributed by atoms with van der Waals surface area (Å²) in [7, 11) is 0. The van der Waals surface area contributed by atoms with Gasteiger partial charge in [0.25, 0.3) is 0 Å². The topological polar surface area (TPSA) is 57.4 Å². The van der Waals surface area contributed by atoms with Crippen LogP contribution in [0.2, 0.25) is 0 Å². The molecule has 1 unspecified atom stereocenters. The van der Waals surface area contributed by atoms with Crippen LogP contribution in [0.25, 0.3) is 90.9 Å². The maximum absolute atomic E-state index is 5.47. The second kappa shape index (κ2) is 14.5. The third kappa shape index (κ3) is 6.86. The van der Waals surface area contributed by atoms with Crippen LogP contribution in [-0.4, -0.2) is 19.9 Å². The van der Waals surface area contributed by atoms with Crippen LogP contribution in [0.3, 0.4) is 0 Å². The van der Waals surface area contributed by atoms with E-state index >= 15 is 0 Å². The van der Waals surface area contributed by atoms with Crippen LogP contribution in [0.1, 0.15) is 81.4 Å². The number of H-pyrrole nitrogens is 2. The fourth-order valence-corrected chi connectivity index (χ4v) is 8.11. The van der Waals surface area contributed by atoms with E-state index in [1.54, 1.807) is 0 Å². The van der Waals surface area contributed by atoms with E-state index in [4.69, 9.17) is 9.97 Å². The zero-order valence-corrected chi connectivity index (χ0v) is 33.6. The van der Waals surface area contributed by atoms with Gasteiger partial charge in [-0.2, -0.15) is 0 Å². The average molecular weight is 741 g/mol. The largest absolute Gasteiger partial charge is 0.354 e. The van der Waals surface area contributed by atoms with Gasteiger partial charge in [-0.1, -0.05) is 151 Å². The van der Waals surface area contributed by atoms with Crippen LogP contribution in [0.15, 0.2) is 133 Å². The van der Waals surface area contributed by atoms with Crippen molar-refractivity contribution in [3.05, 3.63) is 167 Å². The van der Waals surface area contributed by atoms with Crippen LogP contribution < -0.4 is 0 Å². The number of aromatic amines is 2. The minimum absolute atomic E-state index is 0.0407. The SMILES string of the molecule is CC(C)C(C)c1ccc(-c2c3nc(c(-c4ccccc4)c4ccc([nH]4)c(-c4ccccc4)c4nc(c(-c5ccc(C(C)(C)C)cc5)c5ccc2[nH]5)C=C4)C=C3)cc1. The van der Waals surface area contributed by atoms with E-state index in [-0.39, 0.29) is 5.41 Å². The first kappa shape index (κ1) is 36.1. The Balaban J connectivity index is 1.42. The van der Waals surface area contributed by atoms with Crippen molar-refractivity contribution < 1.29 is 0 Å². The Kier molecular flexibility index (Phi) is 9.21. The summed E-state index contributed by atoms with van der Waals surface area (Å²) >= 11 is 0. The molecule has 0 amide bonds. The average Bonchev–Trinajstić information content (AvgIpc) is 4.07. The van der Waals surface area contributed by atoms with Crippen molar-refractivity contribution in [3.63, 3.8) is 0 Å². The highest BCUT2D eigenvalue weighted by molar-refractivity contribution is 5.99. The molecule has 57 heavy (non-hydrogen) atoms. The van der Waals surface area contributed by atoms with Gasteiger partial charge in [0.2, 0.25) is 0 Å². The predicted molar refractivity (Wildman–Crippen MR) is 243 cm³/mol. The van der Waals surface area contributed by atoms with Gasteiger partial charge in [0, 0.05) is 44.3 Å². The van der Waals surface area contributed by atoms with Crippen LogP contribution in [0, 0.1) is 5.92 Å². The summed E-state index contributed by atoms with van der Waals surface area (Å²) in [5, 5.41) is 0.